The predicted octanol–water partition coefficient (Wildman–Crippen LogP) is 4.99. The lowest BCUT2D eigenvalue weighted by Gasteiger charge is -2.38. The molecule has 0 aliphatic carbocycles. The van der Waals surface area contributed by atoms with Gasteiger partial charge in [0.25, 0.3) is 0 Å². The van der Waals surface area contributed by atoms with Crippen molar-refractivity contribution in [3.05, 3.63) is 28.2 Å². The first-order chi connectivity index (χ1) is 10.0. The van der Waals surface area contributed by atoms with Crippen LogP contribution in [0.5, 0.6) is 0 Å². The van der Waals surface area contributed by atoms with Crippen molar-refractivity contribution in [1.82, 2.24) is 5.32 Å². The van der Waals surface area contributed by atoms with Crippen LogP contribution in [0.3, 0.4) is 0 Å². The lowest BCUT2D eigenvalue weighted by molar-refractivity contribution is 0.356. The van der Waals surface area contributed by atoms with Crippen LogP contribution in [0.25, 0.3) is 0 Å². The van der Waals surface area contributed by atoms with Gasteiger partial charge in [-0.05, 0) is 55.8 Å². The van der Waals surface area contributed by atoms with Crippen LogP contribution >= 0.6 is 15.9 Å². The van der Waals surface area contributed by atoms with Gasteiger partial charge in [-0.1, -0.05) is 42.8 Å². The van der Waals surface area contributed by atoms with E-state index in [0.29, 0.717) is 6.04 Å². The zero-order valence-electron chi connectivity index (χ0n) is 13.8. The molecule has 3 atom stereocenters. The van der Waals surface area contributed by atoms with E-state index in [4.69, 9.17) is 0 Å². The van der Waals surface area contributed by atoms with Crippen LogP contribution in [0.15, 0.2) is 22.7 Å². The number of nitrogens with zero attached hydrogens (tertiary/aromatic N) is 1. The van der Waals surface area contributed by atoms with E-state index in [1.165, 1.54) is 41.7 Å². The third-order valence-corrected chi connectivity index (χ3v) is 4.86. The molecule has 1 aliphatic heterocycles. The van der Waals surface area contributed by atoms with Crippen molar-refractivity contribution in [2.75, 3.05) is 24.5 Å². The summed E-state index contributed by atoms with van der Waals surface area (Å²) in [6.07, 6.45) is 2.53. The van der Waals surface area contributed by atoms with Crippen molar-refractivity contribution < 1.29 is 0 Å². The topological polar surface area (TPSA) is 15.3 Å². The first-order valence-electron chi connectivity index (χ1n) is 8.29. The Labute approximate surface area is 138 Å². The van der Waals surface area contributed by atoms with Gasteiger partial charge in [0.2, 0.25) is 0 Å². The summed E-state index contributed by atoms with van der Waals surface area (Å²) in [7, 11) is 0. The Bertz CT molecular complexity index is 451. The van der Waals surface area contributed by atoms with Crippen LogP contribution in [-0.2, 0) is 0 Å². The highest BCUT2D eigenvalue weighted by atomic mass is 79.9. The van der Waals surface area contributed by atoms with Crippen molar-refractivity contribution in [3.8, 4) is 0 Å². The molecule has 0 amide bonds. The fraction of sp³-hybridized carbons (Fsp3) is 0.667. The predicted molar refractivity (Wildman–Crippen MR) is 96.0 cm³/mol. The Morgan fingerprint density at radius 3 is 2.57 bits per heavy atom. The zero-order chi connectivity index (χ0) is 15.4. The van der Waals surface area contributed by atoms with Crippen LogP contribution in [0.2, 0.25) is 0 Å². The third-order valence-electron chi connectivity index (χ3n) is 4.37. The first-order valence-corrected chi connectivity index (χ1v) is 9.08. The van der Waals surface area contributed by atoms with Crippen LogP contribution in [0.4, 0.5) is 5.69 Å². The van der Waals surface area contributed by atoms with Gasteiger partial charge >= 0.3 is 0 Å². The van der Waals surface area contributed by atoms with E-state index >= 15 is 0 Å². The summed E-state index contributed by atoms with van der Waals surface area (Å²) < 4.78 is 1.18. The van der Waals surface area contributed by atoms with E-state index in [1.807, 2.05) is 0 Å². The Balaban J connectivity index is 2.26. The average Bonchev–Trinajstić information content (AvgIpc) is 2.43. The molecule has 1 N–H and O–H groups in total. The summed E-state index contributed by atoms with van der Waals surface area (Å²) in [5.41, 5.74) is 2.83. The number of benzene rings is 1. The van der Waals surface area contributed by atoms with E-state index in [1.54, 1.807) is 0 Å². The summed E-state index contributed by atoms with van der Waals surface area (Å²) in [6, 6.07) is 7.14. The van der Waals surface area contributed by atoms with Gasteiger partial charge in [-0.3, -0.25) is 0 Å². The molecule has 1 aromatic carbocycles. The molecule has 21 heavy (non-hydrogen) atoms. The fourth-order valence-electron chi connectivity index (χ4n) is 3.49. The standard InChI is InChI=1S/C18H29BrN2/c1-5-8-20-15(4)17-7-6-16(19)10-18(17)21-11-13(2)9-14(3)12-21/h6-7,10,13-15,20H,5,8-9,11-12H2,1-4H3. The number of piperidine rings is 1. The Hall–Kier alpha value is -0.540. The molecule has 3 unspecified atom stereocenters. The number of anilines is 1. The molecule has 118 valence electrons. The summed E-state index contributed by atoms with van der Waals surface area (Å²) in [5, 5.41) is 3.63. The van der Waals surface area contributed by atoms with Crippen molar-refractivity contribution in [1.29, 1.82) is 0 Å². The molecule has 1 fully saturated rings. The molecule has 1 aliphatic rings. The first kappa shape index (κ1) is 16.8. The second kappa shape index (κ2) is 7.64. The molecule has 0 bridgehead atoms. The molecule has 0 radical (unpaired) electrons. The van der Waals surface area contributed by atoms with E-state index < -0.39 is 0 Å². The Morgan fingerprint density at radius 2 is 1.95 bits per heavy atom. The van der Waals surface area contributed by atoms with Gasteiger partial charge < -0.3 is 10.2 Å². The molecule has 2 rings (SSSR count). The summed E-state index contributed by atoms with van der Waals surface area (Å²) in [4.78, 5) is 2.59. The van der Waals surface area contributed by atoms with Gasteiger partial charge in [0.1, 0.15) is 0 Å². The minimum Gasteiger partial charge on any atom is -0.371 e. The van der Waals surface area contributed by atoms with Crippen molar-refractivity contribution >= 4 is 21.6 Å². The maximum absolute atomic E-state index is 3.65. The smallest absolute Gasteiger partial charge is 0.0426 e. The fourth-order valence-corrected chi connectivity index (χ4v) is 3.84. The SMILES string of the molecule is CCCNC(C)c1ccc(Br)cc1N1CC(C)CC(C)C1. The van der Waals surface area contributed by atoms with Gasteiger partial charge in [0.05, 0.1) is 0 Å². The number of halogens is 1. The monoisotopic (exact) mass is 352 g/mol. The lowest BCUT2D eigenvalue weighted by atomic mass is 9.90. The second-order valence-corrected chi connectivity index (χ2v) is 7.65. The van der Waals surface area contributed by atoms with Gasteiger partial charge in [-0.25, -0.2) is 0 Å². The maximum atomic E-state index is 3.65. The number of nitrogens with one attached hydrogen (secondary N) is 1. The number of rotatable bonds is 5. The summed E-state index contributed by atoms with van der Waals surface area (Å²) in [6.45, 7) is 12.7. The van der Waals surface area contributed by atoms with Crippen molar-refractivity contribution in [3.63, 3.8) is 0 Å². The van der Waals surface area contributed by atoms with Crippen LogP contribution in [0, 0.1) is 11.8 Å². The van der Waals surface area contributed by atoms with E-state index in [9.17, 15) is 0 Å². The molecule has 3 heteroatoms. The largest absolute Gasteiger partial charge is 0.371 e. The molecule has 1 heterocycles. The molecular weight excluding hydrogens is 324 g/mol. The van der Waals surface area contributed by atoms with Crippen LogP contribution < -0.4 is 10.2 Å². The van der Waals surface area contributed by atoms with E-state index in [2.05, 4.69) is 72.0 Å². The lowest BCUT2D eigenvalue weighted by Crippen LogP contribution is -2.39. The highest BCUT2D eigenvalue weighted by molar-refractivity contribution is 9.10. The van der Waals surface area contributed by atoms with Crippen molar-refractivity contribution in [2.24, 2.45) is 11.8 Å². The number of hydrogen-bond donors (Lipinski definition) is 1. The average molecular weight is 353 g/mol. The van der Waals surface area contributed by atoms with E-state index in [-0.39, 0.29) is 0 Å². The molecule has 0 saturated carbocycles. The highest BCUT2D eigenvalue weighted by Crippen LogP contribution is 2.33. The van der Waals surface area contributed by atoms with Crippen LogP contribution in [-0.4, -0.2) is 19.6 Å². The second-order valence-electron chi connectivity index (χ2n) is 6.73. The molecule has 2 nitrogen and oxygen atoms in total. The summed E-state index contributed by atoms with van der Waals surface area (Å²) >= 11 is 3.65. The molecule has 1 saturated heterocycles. The minimum atomic E-state index is 0.403. The van der Waals surface area contributed by atoms with Gasteiger partial charge in [-0.15, -0.1) is 0 Å². The van der Waals surface area contributed by atoms with Gasteiger partial charge in [0.15, 0.2) is 0 Å². The Kier molecular flexibility index (Phi) is 6.12. The Morgan fingerprint density at radius 1 is 1.29 bits per heavy atom. The normalized spacial score (nSPS) is 24.1. The zero-order valence-corrected chi connectivity index (χ0v) is 15.4. The minimum absolute atomic E-state index is 0.403. The van der Waals surface area contributed by atoms with Gasteiger partial charge in [-0.2, -0.15) is 0 Å². The molecule has 1 aromatic rings. The molecule has 0 spiro atoms. The number of hydrogen-bond acceptors (Lipinski definition) is 2. The molecule has 0 aromatic heterocycles. The summed E-state index contributed by atoms with van der Waals surface area (Å²) in [5.74, 6) is 1.55. The quantitative estimate of drug-likeness (QED) is 0.802. The van der Waals surface area contributed by atoms with Crippen LogP contribution in [0.1, 0.15) is 52.1 Å². The van der Waals surface area contributed by atoms with Gasteiger partial charge in [0, 0.05) is 29.3 Å². The maximum Gasteiger partial charge on any atom is 0.0426 e. The van der Waals surface area contributed by atoms with Crippen molar-refractivity contribution in [2.45, 2.75) is 46.6 Å². The highest BCUT2D eigenvalue weighted by Gasteiger charge is 2.24. The molecular formula is C18H29BrN2. The van der Waals surface area contributed by atoms with E-state index in [0.717, 1.165) is 18.4 Å². The third kappa shape index (κ3) is 4.46.